The van der Waals surface area contributed by atoms with Gasteiger partial charge >= 0.3 is 6.09 Å². The molecule has 2 fully saturated rings. The third-order valence-electron chi connectivity index (χ3n) is 7.82. The van der Waals surface area contributed by atoms with E-state index >= 15 is 0 Å². The molecule has 2 aromatic carbocycles. The zero-order valence-corrected chi connectivity index (χ0v) is 22.5. The summed E-state index contributed by atoms with van der Waals surface area (Å²) in [4.78, 5) is 39.1. The number of amides is 3. The lowest BCUT2D eigenvalue weighted by Gasteiger charge is -2.31. The van der Waals surface area contributed by atoms with E-state index in [1.54, 1.807) is 19.2 Å². The van der Waals surface area contributed by atoms with E-state index in [2.05, 4.69) is 0 Å². The first kappa shape index (κ1) is 27.1. The predicted octanol–water partition coefficient (Wildman–Crippen LogP) is 5.10. The Balaban J connectivity index is 1.44. The van der Waals surface area contributed by atoms with Gasteiger partial charge in [0.15, 0.2) is 0 Å². The molecular weight excluding hydrogens is 522 g/mol. The smallest absolute Gasteiger partial charge is 0.423 e. The van der Waals surface area contributed by atoms with Gasteiger partial charge in [-0.25, -0.2) is 4.79 Å². The molecule has 1 aliphatic carbocycles. The van der Waals surface area contributed by atoms with Crippen LogP contribution in [0, 0.1) is 17.8 Å². The van der Waals surface area contributed by atoms with Crippen LogP contribution in [0.15, 0.2) is 59.7 Å². The van der Waals surface area contributed by atoms with Crippen molar-refractivity contribution in [1.82, 2.24) is 4.90 Å². The quantitative estimate of drug-likeness (QED) is 0.290. The summed E-state index contributed by atoms with van der Waals surface area (Å²) in [6.45, 7) is 0.607. The SMILES string of the molecule is COCC1=C2[C@@H](CC/C(=C/c3ccc(O)cc3Cl)c3ccccc3)OC[C@@H]2[C@@H]2C(=O)N(C(=O)OC)C(=O)[C@@H]2C1. The molecule has 0 unspecified atom stereocenters. The molecule has 2 aliphatic heterocycles. The van der Waals surface area contributed by atoms with Gasteiger partial charge in [-0.05, 0) is 71.4 Å². The minimum atomic E-state index is -0.949. The predicted molar refractivity (Wildman–Crippen MR) is 145 cm³/mol. The highest BCUT2D eigenvalue weighted by atomic mass is 35.5. The normalized spacial score (nSPS) is 24.7. The third kappa shape index (κ3) is 5.12. The maximum absolute atomic E-state index is 13.2. The number of aromatic hydroxyl groups is 1. The number of carbonyl (C=O) groups is 3. The van der Waals surface area contributed by atoms with Crippen molar-refractivity contribution in [2.24, 2.45) is 17.8 Å². The summed E-state index contributed by atoms with van der Waals surface area (Å²) < 4.78 is 16.5. The van der Waals surface area contributed by atoms with Crippen LogP contribution < -0.4 is 0 Å². The first-order chi connectivity index (χ1) is 18.8. The summed E-state index contributed by atoms with van der Waals surface area (Å²) in [5.41, 5.74) is 4.82. The number of benzene rings is 2. The Morgan fingerprint density at radius 3 is 2.59 bits per heavy atom. The van der Waals surface area contributed by atoms with Crippen LogP contribution in [0.3, 0.4) is 0 Å². The van der Waals surface area contributed by atoms with Crippen molar-refractivity contribution in [1.29, 1.82) is 0 Å². The van der Waals surface area contributed by atoms with Crippen molar-refractivity contribution >= 4 is 41.2 Å². The van der Waals surface area contributed by atoms with Crippen molar-refractivity contribution in [3.8, 4) is 5.75 Å². The number of imide groups is 3. The highest BCUT2D eigenvalue weighted by Crippen LogP contribution is 2.50. The van der Waals surface area contributed by atoms with Gasteiger partial charge in [-0.1, -0.05) is 41.9 Å². The number of hydrogen-bond acceptors (Lipinski definition) is 7. The molecule has 0 aromatic heterocycles. The van der Waals surface area contributed by atoms with Gasteiger partial charge in [0.2, 0.25) is 11.8 Å². The van der Waals surface area contributed by atoms with Gasteiger partial charge in [-0.3, -0.25) is 9.59 Å². The number of rotatable bonds is 7. The average molecular weight is 552 g/mol. The van der Waals surface area contributed by atoms with Crippen LogP contribution in [0.4, 0.5) is 4.79 Å². The van der Waals surface area contributed by atoms with Gasteiger partial charge in [0.05, 0.1) is 43.3 Å². The molecule has 204 valence electrons. The van der Waals surface area contributed by atoms with Crippen LogP contribution in [-0.2, 0) is 23.8 Å². The second-order valence-electron chi connectivity index (χ2n) is 10.0. The van der Waals surface area contributed by atoms with Crippen LogP contribution in [0.1, 0.15) is 30.4 Å². The van der Waals surface area contributed by atoms with Gasteiger partial charge < -0.3 is 19.3 Å². The van der Waals surface area contributed by atoms with Crippen LogP contribution in [0.25, 0.3) is 11.6 Å². The van der Waals surface area contributed by atoms with Gasteiger partial charge in [-0.2, -0.15) is 4.90 Å². The number of ether oxygens (including phenoxy) is 3. The Morgan fingerprint density at radius 2 is 1.90 bits per heavy atom. The Labute approximate surface area is 231 Å². The lowest BCUT2D eigenvalue weighted by Crippen LogP contribution is -2.38. The molecule has 2 heterocycles. The fraction of sp³-hybridized carbons (Fsp3) is 0.367. The minimum absolute atomic E-state index is 0.0997. The molecule has 0 radical (unpaired) electrons. The summed E-state index contributed by atoms with van der Waals surface area (Å²) >= 11 is 6.41. The molecule has 2 aromatic rings. The number of methoxy groups -OCH3 is 2. The molecule has 8 nitrogen and oxygen atoms in total. The monoisotopic (exact) mass is 551 g/mol. The molecule has 0 saturated carbocycles. The van der Waals surface area contributed by atoms with Gasteiger partial charge in [-0.15, -0.1) is 0 Å². The standard InChI is InChI=1S/C30H30ClNO7/c1-37-15-20-13-22-27(29(35)32(28(22)34)30(36)38-2)23-16-39-25(26(20)23)11-9-18(17-6-4-3-5-7-17)12-19-8-10-21(33)14-24(19)31/h3-8,10,12,14,22-23,25,27,33H,9,11,13,15-16H2,1-2H3/b18-12-/t22-,23+,25-,27-/m1/s1. The second-order valence-corrected chi connectivity index (χ2v) is 10.4. The minimum Gasteiger partial charge on any atom is -0.508 e. The van der Waals surface area contributed by atoms with E-state index < -0.39 is 29.7 Å². The fourth-order valence-electron chi connectivity index (χ4n) is 6.11. The molecule has 1 N–H and O–H groups in total. The molecule has 39 heavy (non-hydrogen) atoms. The van der Waals surface area contributed by atoms with E-state index in [0.717, 1.165) is 35.0 Å². The van der Waals surface area contributed by atoms with E-state index in [1.165, 1.54) is 6.07 Å². The fourth-order valence-corrected chi connectivity index (χ4v) is 6.34. The Morgan fingerprint density at radius 1 is 1.13 bits per heavy atom. The number of likely N-dealkylation sites (tertiary alicyclic amines) is 1. The van der Waals surface area contributed by atoms with Crippen molar-refractivity contribution < 1.29 is 33.7 Å². The summed E-state index contributed by atoms with van der Waals surface area (Å²) in [6, 6.07) is 14.9. The first-order valence-electron chi connectivity index (χ1n) is 12.9. The van der Waals surface area contributed by atoms with Gasteiger partial charge in [0, 0.05) is 13.0 Å². The van der Waals surface area contributed by atoms with Crippen LogP contribution in [-0.4, -0.2) is 61.5 Å². The molecule has 4 atom stereocenters. The number of halogens is 1. The number of allylic oxidation sites excluding steroid dienone is 1. The van der Waals surface area contributed by atoms with Crippen molar-refractivity contribution in [3.05, 3.63) is 75.8 Å². The van der Waals surface area contributed by atoms with E-state index in [1.807, 2.05) is 36.4 Å². The summed E-state index contributed by atoms with van der Waals surface area (Å²) in [5.74, 6) is -2.53. The number of carbonyl (C=O) groups excluding carboxylic acids is 3. The second kappa shape index (κ2) is 11.3. The highest BCUT2D eigenvalue weighted by molar-refractivity contribution is 6.32. The Hall–Kier alpha value is -3.46. The summed E-state index contributed by atoms with van der Waals surface area (Å²) in [5, 5.41) is 10.2. The maximum atomic E-state index is 13.2. The zero-order chi connectivity index (χ0) is 27.7. The number of phenolic OH excluding ortho intramolecular Hbond substituents is 1. The zero-order valence-electron chi connectivity index (χ0n) is 21.8. The molecule has 0 bridgehead atoms. The van der Waals surface area contributed by atoms with Crippen LogP contribution >= 0.6 is 11.6 Å². The number of fused-ring (bicyclic) bond motifs is 3. The van der Waals surface area contributed by atoms with Crippen molar-refractivity contribution in [2.45, 2.75) is 25.4 Å². The van der Waals surface area contributed by atoms with Gasteiger partial charge in [0.1, 0.15) is 5.75 Å². The van der Waals surface area contributed by atoms with Crippen LogP contribution in [0.5, 0.6) is 5.75 Å². The molecule has 3 amide bonds. The maximum Gasteiger partial charge on any atom is 0.423 e. The average Bonchev–Trinajstić information content (AvgIpc) is 3.46. The molecule has 9 heteroatoms. The Kier molecular flexibility index (Phi) is 7.88. The lowest BCUT2D eigenvalue weighted by atomic mass is 9.69. The molecular formula is C30H30ClNO7. The molecule has 0 spiro atoms. The number of nitrogens with zero attached hydrogens (tertiary/aromatic N) is 1. The Bertz CT molecular complexity index is 1350. The summed E-state index contributed by atoms with van der Waals surface area (Å²) in [6.07, 6.45) is 2.42. The lowest BCUT2D eigenvalue weighted by molar-refractivity contribution is -0.137. The molecule has 2 saturated heterocycles. The van der Waals surface area contributed by atoms with E-state index in [4.69, 9.17) is 25.8 Å². The van der Waals surface area contributed by atoms with Crippen LogP contribution in [0.2, 0.25) is 5.02 Å². The summed E-state index contributed by atoms with van der Waals surface area (Å²) in [7, 11) is 2.75. The molecule has 3 aliphatic rings. The molecule has 5 rings (SSSR count). The van der Waals surface area contributed by atoms with Crippen molar-refractivity contribution in [2.75, 3.05) is 27.4 Å². The highest BCUT2D eigenvalue weighted by Gasteiger charge is 2.58. The van der Waals surface area contributed by atoms with Crippen molar-refractivity contribution in [3.63, 3.8) is 0 Å². The van der Waals surface area contributed by atoms with E-state index in [9.17, 15) is 19.5 Å². The van der Waals surface area contributed by atoms with E-state index in [0.29, 0.717) is 35.8 Å². The third-order valence-corrected chi connectivity index (χ3v) is 8.15. The van der Waals surface area contributed by atoms with Gasteiger partial charge in [0.25, 0.3) is 0 Å². The largest absolute Gasteiger partial charge is 0.508 e. The van der Waals surface area contributed by atoms with E-state index in [-0.39, 0.29) is 24.4 Å². The first-order valence-corrected chi connectivity index (χ1v) is 13.2. The topological polar surface area (TPSA) is 102 Å². The number of phenols is 1. The number of hydrogen-bond donors (Lipinski definition) is 1.